The lowest BCUT2D eigenvalue weighted by Crippen LogP contribution is -2.26. The van der Waals surface area contributed by atoms with Crippen molar-refractivity contribution in [2.45, 2.75) is 27.5 Å². The molecule has 152 valence electrons. The summed E-state index contributed by atoms with van der Waals surface area (Å²) >= 11 is 0.928. The van der Waals surface area contributed by atoms with Gasteiger partial charge in [-0.1, -0.05) is 0 Å². The monoisotopic (exact) mass is 446 g/mol. The normalized spacial score (nSPS) is 11.8. The SMILES string of the molecule is CC(=O)NCCS(=O)(=O)c1ccc(S(=O)(=O)c2ccc(CNC(=O)O)s2)cc1. The highest BCUT2D eigenvalue weighted by Gasteiger charge is 2.22. The highest BCUT2D eigenvalue weighted by atomic mass is 32.2. The van der Waals surface area contributed by atoms with Gasteiger partial charge in [-0.25, -0.2) is 21.6 Å². The molecule has 0 aliphatic rings. The van der Waals surface area contributed by atoms with E-state index in [1.165, 1.54) is 43.3 Å². The van der Waals surface area contributed by atoms with E-state index in [4.69, 9.17) is 5.11 Å². The number of hydrogen-bond acceptors (Lipinski definition) is 7. The second-order valence-electron chi connectivity index (χ2n) is 5.66. The second kappa shape index (κ2) is 8.71. The van der Waals surface area contributed by atoms with Crippen LogP contribution in [0.5, 0.6) is 0 Å². The van der Waals surface area contributed by atoms with Crippen LogP contribution in [0, 0.1) is 0 Å². The molecule has 0 spiro atoms. The van der Waals surface area contributed by atoms with Gasteiger partial charge in [0, 0.05) is 18.3 Å². The van der Waals surface area contributed by atoms with E-state index < -0.39 is 25.8 Å². The molecule has 1 aromatic carbocycles. The zero-order chi connectivity index (χ0) is 20.9. The van der Waals surface area contributed by atoms with Crippen LogP contribution in [0.15, 0.2) is 50.4 Å². The average Bonchev–Trinajstić information content (AvgIpc) is 3.09. The van der Waals surface area contributed by atoms with Crippen LogP contribution >= 0.6 is 11.3 Å². The van der Waals surface area contributed by atoms with Gasteiger partial charge in [-0.05, 0) is 36.4 Å². The van der Waals surface area contributed by atoms with Crippen molar-refractivity contribution in [3.05, 3.63) is 41.3 Å². The Morgan fingerprint density at radius 2 is 1.57 bits per heavy atom. The lowest BCUT2D eigenvalue weighted by molar-refractivity contribution is -0.118. The minimum atomic E-state index is -3.86. The summed E-state index contributed by atoms with van der Waals surface area (Å²) in [7, 11) is -7.52. The fourth-order valence-electron chi connectivity index (χ4n) is 2.18. The van der Waals surface area contributed by atoms with E-state index in [1.54, 1.807) is 0 Å². The Labute approximate surface area is 166 Å². The maximum Gasteiger partial charge on any atom is 0.404 e. The molecule has 28 heavy (non-hydrogen) atoms. The van der Waals surface area contributed by atoms with Crippen molar-refractivity contribution in [2.75, 3.05) is 12.3 Å². The quantitative estimate of drug-likeness (QED) is 0.553. The van der Waals surface area contributed by atoms with Crippen molar-refractivity contribution < 1.29 is 31.5 Å². The summed E-state index contributed by atoms with van der Waals surface area (Å²) in [6.45, 7) is 1.22. The van der Waals surface area contributed by atoms with Gasteiger partial charge in [-0.15, -0.1) is 11.3 Å². The predicted octanol–water partition coefficient (Wildman–Crippen LogP) is 1.26. The van der Waals surface area contributed by atoms with E-state index in [0.717, 1.165) is 11.3 Å². The number of hydrogen-bond donors (Lipinski definition) is 3. The molecule has 0 fully saturated rings. The molecule has 12 heteroatoms. The van der Waals surface area contributed by atoms with Crippen LogP contribution in [0.2, 0.25) is 0 Å². The van der Waals surface area contributed by atoms with Crippen LogP contribution in [0.3, 0.4) is 0 Å². The van der Waals surface area contributed by atoms with Crippen molar-refractivity contribution in [2.24, 2.45) is 0 Å². The van der Waals surface area contributed by atoms with Crippen LogP contribution in [-0.4, -0.2) is 46.2 Å². The topological polar surface area (TPSA) is 147 Å². The molecule has 0 unspecified atom stereocenters. The van der Waals surface area contributed by atoms with Crippen LogP contribution < -0.4 is 10.6 Å². The summed E-state index contributed by atoms with van der Waals surface area (Å²) in [6.07, 6.45) is -1.21. The summed E-state index contributed by atoms with van der Waals surface area (Å²) in [6, 6.07) is 7.70. The number of thiophene rings is 1. The van der Waals surface area contributed by atoms with E-state index in [-0.39, 0.29) is 38.7 Å². The van der Waals surface area contributed by atoms with Crippen molar-refractivity contribution in [1.29, 1.82) is 0 Å². The van der Waals surface area contributed by atoms with E-state index in [0.29, 0.717) is 4.88 Å². The van der Waals surface area contributed by atoms with Crippen LogP contribution in [0.25, 0.3) is 0 Å². The third-order valence-electron chi connectivity index (χ3n) is 3.55. The molecule has 2 amide bonds. The minimum absolute atomic E-state index is 0.0129. The van der Waals surface area contributed by atoms with Crippen LogP contribution in [-0.2, 0) is 31.0 Å². The first-order valence-electron chi connectivity index (χ1n) is 7.90. The van der Waals surface area contributed by atoms with Gasteiger partial charge in [0.25, 0.3) is 0 Å². The zero-order valence-corrected chi connectivity index (χ0v) is 17.2. The Kier molecular flexibility index (Phi) is 6.80. The fourth-order valence-corrected chi connectivity index (χ4v) is 6.04. The standard InChI is InChI=1S/C16H18N2O7S3/c1-11(19)17-8-9-27(22,23)13-3-5-14(6-4-13)28(24,25)15-7-2-12(26-15)10-18-16(20)21/h2-7,18H,8-10H2,1H3,(H,17,19)(H,20,21). The summed E-state index contributed by atoms with van der Waals surface area (Å²) in [5.74, 6) is -0.644. The van der Waals surface area contributed by atoms with E-state index in [9.17, 15) is 26.4 Å². The minimum Gasteiger partial charge on any atom is -0.465 e. The largest absolute Gasteiger partial charge is 0.465 e. The zero-order valence-electron chi connectivity index (χ0n) is 14.7. The number of sulfone groups is 2. The van der Waals surface area contributed by atoms with Gasteiger partial charge in [0.1, 0.15) is 4.21 Å². The Hall–Kier alpha value is -2.44. The van der Waals surface area contributed by atoms with Crippen molar-refractivity contribution >= 4 is 43.0 Å². The average molecular weight is 447 g/mol. The maximum absolute atomic E-state index is 12.7. The molecule has 0 bridgehead atoms. The Morgan fingerprint density at radius 3 is 2.14 bits per heavy atom. The fraction of sp³-hybridized carbons (Fsp3) is 0.250. The molecule has 2 aromatic rings. The molecule has 0 radical (unpaired) electrons. The lowest BCUT2D eigenvalue weighted by Gasteiger charge is -2.07. The first-order valence-corrected chi connectivity index (χ1v) is 11.9. The Bertz CT molecular complexity index is 1070. The number of carboxylic acid groups (broad SMARTS) is 1. The van der Waals surface area contributed by atoms with Crippen LogP contribution in [0.4, 0.5) is 4.79 Å². The molecule has 2 rings (SSSR count). The van der Waals surface area contributed by atoms with Gasteiger partial charge in [-0.2, -0.15) is 0 Å². The van der Waals surface area contributed by atoms with E-state index >= 15 is 0 Å². The van der Waals surface area contributed by atoms with Gasteiger partial charge in [0.2, 0.25) is 15.7 Å². The number of rotatable bonds is 8. The first kappa shape index (κ1) is 21.9. The summed E-state index contributed by atoms with van der Waals surface area (Å²) in [5, 5.41) is 13.1. The predicted molar refractivity (Wildman–Crippen MR) is 102 cm³/mol. The molecular weight excluding hydrogens is 428 g/mol. The molecule has 3 N–H and O–H groups in total. The molecule has 9 nitrogen and oxygen atoms in total. The van der Waals surface area contributed by atoms with Crippen molar-refractivity contribution in [1.82, 2.24) is 10.6 Å². The second-order valence-corrected chi connectivity index (χ2v) is 11.1. The number of amides is 2. The highest BCUT2D eigenvalue weighted by molar-refractivity contribution is 7.93. The highest BCUT2D eigenvalue weighted by Crippen LogP contribution is 2.28. The van der Waals surface area contributed by atoms with E-state index in [2.05, 4.69) is 10.6 Å². The third-order valence-corrected chi connectivity index (χ3v) is 8.63. The van der Waals surface area contributed by atoms with Crippen molar-refractivity contribution in [3.8, 4) is 0 Å². The lowest BCUT2D eigenvalue weighted by atomic mass is 10.4. The van der Waals surface area contributed by atoms with Gasteiger partial charge >= 0.3 is 6.09 Å². The molecule has 1 heterocycles. The third kappa shape index (κ3) is 5.53. The molecule has 1 aromatic heterocycles. The summed E-state index contributed by atoms with van der Waals surface area (Å²) < 4.78 is 49.8. The smallest absolute Gasteiger partial charge is 0.404 e. The number of benzene rings is 1. The van der Waals surface area contributed by atoms with E-state index in [1.807, 2.05) is 0 Å². The van der Waals surface area contributed by atoms with Gasteiger partial charge in [0.05, 0.1) is 22.1 Å². The number of carbonyl (C=O) groups is 2. The number of carbonyl (C=O) groups excluding carboxylic acids is 1. The molecule has 0 atom stereocenters. The summed E-state index contributed by atoms with van der Waals surface area (Å²) in [5.41, 5.74) is 0. The van der Waals surface area contributed by atoms with Gasteiger partial charge in [-0.3, -0.25) is 4.79 Å². The van der Waals surface area contributed by atoms with Gasteiger partial charge < -0.3 is 15.7 Å². The van der Waals surface area contributed by atoms with Gasteiger partial charge in [0.15, 0.2) is 9.84 Å². The molecule has 0 saturated carbocycles. The van der Waals surface area contributed by atoms with Crippen molar-refractivity contribution in [3.63, 3.8) is 0 Å². The molecule has 0 aliphatic heterocycles. The molecule has 0 saturated heterocycles. The van der Waals surface area contributed by atoms with Crippen LogP contribution in [0.1, 0.15) is 11.8 Å². The Balaban J connectivity index is 2.17. The first-order chi connectivity index (χ1) is 13.0. The Morgan fingerprint density at radius 1 is 0.964 bits per heavy atom. The molecular formula is C16H18N2O7S3. The number of nitrogens with one attached hydrogen (secondary N) is 2. The molecule has 0 aliphatic carbocycles. The maximum atomic E-state index is 12.7. The summed E-state index contributed by atoms with van der Waals surface area (Å²) in [4.78, 5) is 21.7.